The number of hydrogen-bond acceptors (Lipinski definition) is 2. The summed E-state index contributed by atoms with van der Waals surface area (Å²) in [4.78, 5) is 7.90. The fourth-order valence-corrected chi connectivity index (χ4v) is 1.09. The van der Waals surface area contributed by atoms with Gasteiger partial charge in [-0.05, 0) is 0 Å². The highest BCUT2D eigenvalue weighted by molar-refractivity contribution is 6.29. The van der Waals surface area contributed by atoms with Crippen LogP contribution in [-0.2, 0) is 6.42 Å². The van der Waals surface area contributed by atoms with E-state index in [9.17, 15) is 0 Å². The molecule has 1 heterocycles. The van der Waals surface area contributed by atoms with Gasteiger partial charge in [-0.15, -0.1) is 23.2 Å². The molecule has 0 N–H and O–H groups in total. The first-order valence-corrected chi connectivity index (χ1v) is 4.73. The van der Waals surface area contributed by atoms with E-state index in [-0.39, 0.29) is 5.38 Å². The van der Waals surface area contributed by atoms with Gasteiger partial charge in [0.1, 0.15) is 5.15 Å². The van der Waals surface area contributed by atoms with Gasteiger partial charge in [0, 0.05) is 12.3 Å². The number of nitrogens with zero attached hydrogens (tertiary/aromatic N) is 2. The lowest BCUT2D eigenvalue weighted by molar-refractivity contribution is 0.883. The normalized spacial score (nSPS) is 12.9. The molecule has 0 aliphatic carbocycles. The lowest BCUT2D eigenvalue weighted by Gasteiger charge is -2.02. The van der Waals surface area contributed by atoms with Crippen LogP contribution in [0.2, 0.25) is 5.15 Å². The summed E-state index contributed by atoms with van der Waals surface area (Å²) in [5.74, 6) is 0.409. The van der Waals surface area contributed by atoms with E-state index in [2.05, 4.69) is 9.97 Å². The van der Waals surface area contributed by atoms with Crippen LogP contribution in [0.15, 0.2) is 12.4 Å². The topological polar surface area (TPSA) is 25.8 Å². The first kappa shape index (κ1) is 10.0. The van der Waals surface area contributed by atoms with Crippen LogP contribution in [0, 0.1) is 0 Å². The summed E-state index contributed by atoms with van der Waals surface area (Å²) in [5, 5.41) is 0.290. The molecular weight excluding hydrogens is 218 g/mol. The van der Waals surface area contributed by atoms with Gasteiger partial charge in [-0.3, -0.25) is 4.98 Å². The molecule has 0 saturated heterocycles. The maximum absolute atomic E-state index is 5.81. The van der Waals surface area contributed by atoms with Crippen LogP contribution >= 0.6 is 34.8 Å². The van der Waals surface area contributed by atoms with Crippen LogP contribution in [0.1, 0.15) is 5.69 Å². The number of rotatable bonds is 3. The maximum Gasteiger partial charge on any atom is 0.147 e. The lowest BCUT2D eigenvalue weighted by Crippen LogP contribution is -2.06. The first-order chi connectivity index (χ1) is 5.72. The molecule has 1 atom stereocenters. The third-order valence-corrected chi connectivity index (χ3v) is 2.31. The molecule has 1 aromatic heterocycles. The number of aromatic nitrogens is 2. The zero-order valence-electron chi connectivity index (χ0n) is 6.17. The van der Waals surface area contributed by atoms with E-state index in [0.717, 1.165) is 5.69 Å². The van der Waals surface area contributed by atoms with Crippen molar-refractivity contribution in [3.05, 3.63) is 23.2 Å². The summed E-state index contributed by atoms with van der Waals surface area (Å²) in [6.07, 6.45) is 3.72. The molecule has 0 fully saturated rings. The minimum atomic E-state index is -0.0952. The average Bonchev–Trinajstić information content (AvgIpc) is 2.09. The van der Waals surface area contributed by atoms with Crippen molar-refractivity contribution in [2.24, 2.45) is 0 Å². The Morgan fingerprint density at radius 3 is 2.58 bits per heavy atom. The lowest BCUT2D eigenvalue weighted by atomic mass is 10.2. The van der Waals surface area contributed by atoms with Crippen LogP contribution in [-0.4, -0.2) is 21.2 Å². The molecule has 1 rings (SSSR count). The Balaban J connectivity index is 2.58. The second kappa shape index (κ2) is 4.85. The van der Waals surface area contributed by atoms with Crippen molar-refractivity contribution in [3.63, 3.8) is 0 Å². The zero-order chi connectivity index (χ0) is 8.97. The summed E-state index contributed by atoms with van der Waals surface area (Å²) in [6, 6.07) is 0. The highest BCUT2D eigenvalue weighted by atomic mass is 35.5. The molecule has 0 aliphatic heterocycles. The SMILES string of the molecule is ClCC(Cl)Cc1cnc(Cl)cn1. The highest BCUT2D eigenvalue weighted by Crippen LogP contribution is 2.08. The third kappa shape index (κ3) is 3.13. The van der Waals surface area contributed by atoms with Gasteiger partial charge in [0.2, 0.25) is 0 Å². The quantitative estimate of drug-likeness (QED) is 0.739. The van der Waals surface area contributed by atoms with E-state index >= 15 is 0 Å². The van der Waals surface area contributed by atoms with Crippen LogP contribution in [0.3, 0.4) is 0 Å². The monoisotopic (exact) mass is 224 g/mol. The van der Waals surface area contributed by atoms with Crippen molar-refractivity contribution in [3.8, 4) is 0 Å². The molecule has 0 radical (unpaired) electrons. The molecule has 2 nitrogen and oxygen atoms in total. The Bertz CT molecular complexity index is 237. The Labute approximate surface area is 85.9 Å². The van der Waals surface area contributed by atoms with E-state index in [1.807, 2.05) is 0 Å². The number of hydrogen-bond donors (Lipinski definition) is 0. The summed E-state index contributed by atoms with van der Waals surface area (Å²) >= 11 is 16.9. The fraction of sp³-hybridized carbons (Fsp3) is 0.429. The minimum Gasteiger partial charge on any atom is -0.256 e. The molecule has 1 unspecified atom stereocenters. The Morgan fingerprint density at radius 2 is 2.08 bits per heavy atom. The van der Waals surface area contributed by atoms with E-state index in [4.69, 9.17) is 34.8 Å². The zero-order valence-corrected chi connectivity index (χ0v) is 8.44. The molecule has 0 spiro atoms. The third-order valence-electron chi connectivity index (χ3n) is 1.27. The van der Waals surface area contributed by atoms with Crippen LogP contribution in [0.25, 0.3) is 0 Å². The first-order valence-electron chi connectivity index (χ1n) is 3.39. The second-order valence-electron chi connectivity index (χ2n) is 2.29. The van der Waals surface area contributed by atoms with Crippen molar-refractivity contribution in [1.29, 1.82) is 0 Å². The predicted octanol–water partition coefficient (Wildman–Crippen LogP) is 2.52. The average molecular weight is 226 g/mol. The van der Waals surface area contributed by atoms with Gasteiger partial charge in [-0.1, -0.05) is 11.6 Å². The molecule has 0 bridgehead atoms. The number of halogens is 3. The molecule has 0 aromatic carbocycles. The standard InChI is InChI=1S/C7H7Cl3N2/c8-2-5(9)1-6-3-12-7(10)4-11-6/h3-5H,1-2H2. The summed E-state index contributed by atoms with van der Waals surface area (Å²) in [7, 11) is 0. The fourth-order valence-electron chi connectivity index (χ4n) is 0.726. The number of alkyl halides is 2. The Kier molecular flexibility index (Phi) is 4.06. The van der Waals surface area contributed by atoms with Gasteiger partial charge in [-0.2, -0.15) is 0 Å². The molecule has 0 saturated carbocycles. The summed E-state index contributed by atoms with van der Waals surface area (Å²) < 4.78 is 0. The highest BCUT2D eigenvalue weighted by Gasteiger charge is 2.05. The van der Waals surface area contributed by atoms with Crippen molar-refractivity contribution in [2.45, 2.75) is 11.8 Å². The van der Waals surface area contributed by atoms with E-state index < -0.39 is 0 Å². The molecule has 0 amide bonds. The maximum atomic E-state index is 5.81. The minimum absolute atomic E-state index is 0.0952. The van der Waals surface area contributed by atoms with E-state index in [1.165, 1.54) is 6.20 Å². The molecule has 12 heavy (non-hydrogen) atoms. The van der Waals surface area contributed by atoms with Crippen molar-refractivity contribution in [2.75, 3.05) is 5.88 Å². The molecular formula is C7H7Cl3N2. The van der Waals surface area contributed by atoms with Crippen LogP contribution < -0.4 is 0 Å². The van der Waals surface area contributed by atoms with Gasteiger partial charge in [0.05, 0.1) is 23.5 Å². The van der Waals surface area contributed by atoms with Gasteiger partial charge >= 0.3 is 0 Å². The van der Waals surface area contributed by atoms with Gasteiger partial charge in [-0.25, -0.2) is 4.98 Å². The van der Waals surface area contributed by atoms with E-state index in [1.54, 1.807) is 6.20 Å². The van der Waals surface area contributed by atoms with Gasteiger partial charge in [0.25, 0.3) is 0 Å². The predicted molar refractivity (Wildman–Crippen MR) is 51.1 cm³/mol. The van der Waals surface area contributed by atoms with Crippen LogP contribution in [0.4, 0.5) is 0 Å². The Hall–Kier alpha value is -0.0500. The second-order valence-corrected chi connectivity index (χ2v) is 3.60. The molecule has 66 valence electrons. The van der Waals surface area contributed by atoms with E-state index in [0.29, 0.717) is 17.5 Å². The van der Waals surface area contributed by atoms with Crippen LogP contribution in [0.5, 0.6) is 0 Å². The van der Waals surface area contributed by atoms with Crippen molar-refractivity contribution in [1.82, 2.24) is 9.97 Å². The molecule has 5 heteroatoms. The smallest absolute Gasteiger partial charge is 0.147 e. The molecule has 0 aliphatic rings. The molecule has 1 aromatic rings. The van der Waals surface area contributed by atoms with Crippen molar-refractivity contribution >= 4 is 34.8 Å². The largest absolute Gasteiger partial charge is 0.256 e. The summed E-state index contributed by atoms with van der Waals surface area (Å²) in [5.41, 5.74) is 0.806. The van der Waals surface area contributed by atoms with Crippen molar-refractivity contribution < 1.29 is 0 Å². The Morgan fingerprint density at radius 1 is 1.33 bits per heavy atom. The summed E-state index contributed by atoms with van der Waals surface area (Å²) in [6.45, 7) is 0. The van der Waals surface area contributed by atoms with Gasteiger partial charge < -0.3 is 0 Å². The van der Waals surface area contributed by atoms with Gasteiger partial charge in [0.15, 0.2) is 0 Å².